The molecule has 4 nitrogen and oxygen atoms in total. The number of ether oxygens (including phenoxy) is 1. The molecule has 0 saturated carbocycles. The van der Waals surface area contributed by atoms with Crippen molar-refractivity contribution in [3.63, 3.8) is 0 Å². The molecule has 4 heteroatoms. The fourth-order valence-corrected chi connectivity index (χ4v) is 3.54. The maximum Gasteiger partial charge on any atom is 0.415 e. The van der Waals surface area contributed by atoms with Gasteiger partial charge in [-0.3, -0.25) is 0 Å². The van der Waals surface area contributed by atoms with Gasteiger partial charge in [0.15, 0.2) is 0 Å². The van der Waals surface area contributed by atoms with E-state index in [4.69, 9.17) is 4.74 Å². The maximum atomic E-state index is 12.7. The molecule has 0 spiro atoms. The largest absolute Gasteiger partial charge is 0.415 e. The Kier molecular flexibility index (Phi) is 7.48. The van der Waals surface area contributed by atoms with Crippen LogP contribution < -0.4 is 0 Å². The van der Waals surface area contributed by atoms with Gasteiger partial charge in [0.1, 0.15) is 5.76 Å². The summed E-state index contributed by atoms with van der Waals surface area (Å²) in [6, 6.07) is 0.122. The van der Waals surface area contributed by atoms with E-state index in [1.165, 1.54) is 0 Å². The summed E-state index contributed by atoms with van der Waals surface area (Å²) in [6.07, 6.45) is 0.484. The second kappa shape index (κ2) is 8.70. The van der Waals surface area contributed by atoms with Crippen LogP contribution in [0.25, 0.3) is 0 Å². The molecule has 1 rings (SSSR count). The van der Waals surface area contributed by atoms with Crippen LogP contribution in [0.15, 0.2) is 35.6 Å². The lowest BCUT2D eigenvalue weighted by molar-refractivity contribution is 0.0864. The second-order valence-electron chi connectivity index (χ2n) is 7.95. The monoisotopic (exact) mass is 349 g/mol. The first kappa shape index (κ1) is 21.5. The van der Waals surface area contributed by atoms with Crippen molar-refractivity contribution in [2.45, 2.75) is 79.5 Å². The van der Waals surface area contributed by atoms with Crippen LogP contribution in [0.3, 0.4) is 0 Å². The molecule has 142 valence electrons. The minimum absolute atomic E-state index is 0.0609. The van der Waals surface area contributed by atoms with Crippen molar-refractivity contribution in [3.05, 3.63) is 35.6 Å². The minimum atomic E-state index is -0.637. The first-order valence-corrected chi connectivity index (χ1v) is 9.15. The van der Waals surface area contributed by atoms with E-state index < -0.39 is 6.10 Å². The van der Waals surface area contributed by atoms with Crippen LogP contribution in [0, 0.1) is 11.8 Å². The number of amides is 1. The van der Waals surface area contributed by atoms with Crippen LogP contribution >= 0.6 is 0 Å². The van der Waals surface area contributed by atoms with Gasteiger partial charge in [0, 0.05) is 24.4 Å². The van der Waals surface area contributed by atoms with E-state index in [-0.39, 0.29) is 30.0 Å². The van der Waals surface area contributed by atoms with Gasteiger partial charge >= 0.3 is 6.09 Å². The summed E-state index contributed by atoms with van der Waals surface area (Å²) in [7, 11) is 0. The van der Waals surface area contributed by atoms with Crippen molar-refractivity contribution in [2.75, 3.05) is 0 Å². The molecule has 1 aliphatic carbocycles. The summed E-state index contributed by atoms with van der Waals surface area (Å²) >= 11 is 0. The highest BCUT2D eigenvalue weighted by Crippen LogP contribution is 2.40. The zero-order valence-electron chi connectivity index (χ0n) is 16.9. The van der Waals surface area contributed by atoms with Crippen molar-refractivity contribution < 1.29 is 14.6 Å². The quantitative estimate of drug-likeness (QED) is 0.682. The molecule has 0 aromatic carbocycles. The topological polar surface area (TPSA) is 49.8 Å². The molecule has 0 unspecified atom stereocenters. The van der Waals surface area contributed by atoms with Gasteiger partial charge in [-0.2, -0.15) is 0 Å². The third-order valence-corrected chi connectivity index (χ3v) is 5.08. The van der Waals surface area contributed by atoms with Crippen LogP contribution in [-0.2, 0) is 4.74 Å². The van der Waals surface area contributed by atoms with Gasteiger partial charge in [-0.05, 0) is 66.4 Å². The van der Waals surface area contributed by atoms with Gasteiger partial charge in [-0.25, -0.2) is 4.79 Å². The number of hydrogen-bond acceptors (Lipinski definition) is 3. The summed E-state index contributed by atoms with van der Waals surface area (Å²) in [5, 5.41) is 10.5. The highest BCUT2D eigenvalue weighted by Gasteiger charge is 2.35. The molecule has 0 fully saturated rings. The average Bonchev–Trinajstić information content (AvgIpc) is 2.47. The molecule has 0 heterocycles. The normalized spacial score (nSPS) is 22.2. The highest BCUT2D eigenvalue weighted by atomic mass is 16.6. The molecule has 0 aromatic rings. The highest BCUT2D eigenvalue weighted by molar-refractivity contribution is 5.69. The molecule has 0 radical (unpaired) electrons. The molecule has 0 bridgehead atoms. The van der Waals surface area contributed by atoms with E-state index in [1.54, 1.807) is 4.90 Å². The van der Waals surface area contributed by atoms with Gasteiger partial charge in [0.25, 0.3) is 0 Å². The van der Waals surface area contributed by atoms with E-state index in [0.717, 1.165) is 23.1 Å². The van der Waals surface area contributed by atoms with Gasteiger partial charge in [-0.1, -0.05) is 24.3 Å². The minimum Gasteiger partial charge on any atom is -0.415 e. The Balaban J connectivity index is 3.15. The first-order chi connectivity index (χ1) is 11.5. The summed E-state index contributed by atoms with van der Waals surface area (Å²) in [4.78, 5) is 14.4. The van der Waals surface area contributed by atoms with Crippen molar-refractivity contribution in [1.29, 1.82) is 0 Å². The Labute approximate surface area is 153 Å². The summed E-state index contributed by atoms with van der Waals surface area (Å²) in [6.45, 7) is 21.6. The van der Waals surface area contributed by atoms with E-state index in [2.05, 4.69) is 13.2 Å². The molecule has 0 saturated heterocycles. The smallest absolute Gasteiger partial charge is 0.415 e. The number of nitrogens with zero attached hydrogens (tertiary/aromatic N) is 1. The Morgan fingerprint density at radius 1 is 1.20 bits per heavy atom. The lowest BCUT2D eigenvalue weighted by atomic mass is 9.74. The third kappa shape index (κ3) is 5.21. The van der Waals surface area contributed by atoms with Crippen molar-refractivity contribution in [3.8, 4) is 0 Å². The van der Waals surface area contributed by atoms with Crippen molar-refractivity contribution in [2.24, 2.45) is 11.8 Å². The Morgan fingerprint density at radius 3 is 2.12 bits per heavy atom. The summed E-state index contributed by atoms with van der Waals surface area (Å²) < 4.78 is 5.81. The number of aliphatic hydroxyl groups is 1. The SMILES string of the molecule is C=C(C)[C@H]1CC(OC(=O)N(C(C)C)C(C)C)=C(C)[C@@H]([C@H](O)C(=C)C)C1. The van der Waals surface area contributed by atoms with Gasteiger partial charge in [-0.15, -0.1) is 0 Å². The first-order valence-electron chi connectivity index (χ1n) is 9.15. The predicted molar refractivity (Wildman–Crippen MR) is 103 cm³/mol. The molecule has 25 heavy (non-hydrogen) atoms. The van der Waals surface area contributed by atoms with Crippen LogP contribution in [0.5, 0.6) is 0 Å². The number of allylic oxidation sites excluding steroid dienone is 2. The Morgan fingerprint density at radius 2 is 1.72 bits per heavy atom. The maximum absolute atomic E-state index is 12.7. The third-order valence-electron chi connectivity index (χ3n) is 5.08. The summed E-state index contributed by atoms with van der Waals surface area (Å²) in [5.41, 5.74) is 2.71. The van der Waals surface area contributed by atoms with E-state index in [0.29, 0.717) is 12.2 Å². The Bertz CT molecular complexity index is 551. The molecule has 3 atom stereocenters. The zero-order valence-corrected chi connectivity index (χ0v) is 16.9. The fourth-order valence-electron chi connectivity index (χ4n) is 3.54. The molecule has 0 aliphatic heterocycles. The lowest BCUT2D eigenvalue weighted by Crippen LogP contribution is -2.42. The zero-order chi connectivity index (χ0) is 19.5. The lowest BCUT2D eigenvalue weighted by Gasteiger charge is -2.36. The Hall–Kier alpha value is -1.55. The molecule has 0 aromatic heterocycles. The van der Waals surface area contributed by atoms with Crippen LogP contribution in [0.1, 0.15) is 61.3 Å². The van der Waals surface area contributed by atoms with Gasteiger partial charge < -0.3 is 14.7 Å². The number of rotatable bonds is 6. The van der Waals surface area contributed by atoms with Crippen molar-refractivity contribution >= 4 is 6.09 Å². The van der Waals surface area contributed by atoms with Crippen LogP contribution in [0.2, 0.25) is 0 Å². The number of aliphatic hydroxyl groups excluding tert-OH is 1. The van der Waals surface area contributed by atoms with E-state index in [9.17, 15) is 9.90 Å². The summed E-state index contributed by atoms with van der Waals surface area (Å²) in [5.74, 6) is 0.764. The fraction of sp³-hybridized carbons (Fsp3) is 0.667. The number of carbonyl (C=O) groups excluding carboxylic acids is 1. The molecule has 1 aliphatic rings. The second-order valence-corrected chi connectivity index (χ2v) is 7.95. The predicted octanol–water partition coefficient (Wildman–Crippen LogP) is 5.06. The molecule has 1 amide bonds. The van der Waals surface area contributed by atoms with Crippen LogP contribution in [0.4, 0.5) is 4.79 Å². The van der Waals surface area contributed by atoms with Gasteiger partial charge in [0.2, 0.25) is 0 Å². The van der Waals surface area contributed by atoms with Gasteiger partial charge in [0.05, 0.1) is 6.10 Å². The van der Waals surface area contributed by atoms with E-state index in [1.807, 2.05) is 48.5 Å². The van der Waals surface area contributed by atoms with Crippen molar-refractivity contribution in [1.82, 2.24) is 4.90 Å². The standard InChI is InChI=1S/C21H35NO3/c1-12(2)17-10-18(20(23)13(3)4)16(9)19(11-17)25-21(24)22(14(5)6)15(7)8/h14-15,17-18,20,23H,1,3,10-11H2,2,4-9H3/t17-,18+,20-/m1/s1. The van der Waals surface area contributed by atoms with Crippen LogP contribution in [-0.4, -0.2) is 34.3 Å². The molecular weight excluding hydrogens is 314 g/mol. The number of hydrogen-bond donors (Lipinski definition) is 1. The average molecular weight is 350 g/mol. The molecular formula is C21H35NO3. The molecule has 1 N–H and O–H groups in total. The van der Waals surface area contributed by atoms with E-state index >= 15 is 0 Å². The number of carbonyl (C=O) groups is 1.